The fourth-order valence-electron chi connectivity index (χ4n) is 9.59. The van der Waals surface area contributed by atoms with Crippen LogP contribution in [0, 0.1) is 52.8 Å². The summed E-state index contributed by atoms with van der Waals surface area (Å²) >= 11 is 0. The number of carbonyl (C=O) groups is 4. The van der Waals surface area contributed by atoms with Crippen molar-refractivity contribution in [2.45, 2.75) is 175 Å². The Morgan fingerprint density at radius 2 is 1.46 bits per heavy atom. The van der Waals surface area contributed by atoms with Gasteiger partial charge in [-0.1, -0.05) is 78.0 Å². The van der Waals surface area contributed by atoms with Crippen molar-refractivity contribution in [2.75, 3.05) is 0 Å². The molecule has 0 aromatic rings. The number of esters is 3. The molecule has 0 aromatic heterocycles. The third-order valence-electron chi connectivity index (χ3n) is 13.8. The Hall–Kier alpha value is -2.32. The maximum Gasteiger partial charge on any atom is 1.00 e. The molecule has 0 aromatic carbocycles. The quantitative estimate of drug-likeness (QED) is 0.101. The van der Waals surface area contributed by atoms with Crippen LogP contribution in [0.1, 0.15) is 132 Å². The number of rotatable bonds is 16. The van der Waals surface area contributed by atoms with Crippen molar-refractivity contribution in [1.82, 2.24) is 0 Å². The minimum atomic E-state index is -1.35. The van der Waals surface area contributed by atoms with Gasteiger partial charge in [0, 0.05) is 37.1 Å². The molecule has 15 atom stereocenters. The molecule has 0 amide bonds. The van der Waals surface area contributed by atoms with Gasteiger partial charge in [-0.2, -0.15) is 0 Å². The molecule has 1 saturated heterocycles. The second kappa shape index (κ2) is 24.1. The Morgan fingerprint density at radius 1 is 0.869 bits per heavy atom. The molecule has 12 nitrogen and oxygen atoms in total. The van der Waals surface area contributed by atoms with Gasteiger partial charge in [0.05, 0.1) is 42.2 Å². The molecule has 4 aliphatic carbocycles. The van der Waals surface area contributed by atoms with Gasteiger partial charge in [0.1, 0.15) is 18.3 Å². The molecular weight excluding hydrogens is 792 g/mol. The van der Waals surface area contributed by atoms with E-state index < -0.39 is 48.3 Å². The summed E-state index contributed by atoms with van der Waals surface area (Å²) in [7, 11) is 0. The van der Waals surface area contributed by atoms with Crippen molar-refractivity contribution in [2.24, 2.45) is 52.8 Å². The average molecular weight is 865 g/mol. The summed E-state index contributed by atoms with van der Waals surface area (Å²) in [6.45, 7) is 16.1. The third-order valence-corrected chi connectivity index (χ3v) is 13.8. The summed E-state index contributed by atoms with van der Waals surface area (Å²) in [4.78, 5) is 47.6. The summed E-state index contributed by atoms with van der Waals surface area (Å²) in [6.07, 6.45) is 13.9. The fourth-order valence-corrected chi connectivity index (χ4v) is 9.59. The summed E-state index contributed by atoms with van der Waals surface area (Å²) in [5.41, 5.74) is 1.73. The number of carbonyl (C=O) groups excluding carboxylic acids is 4. The van der Waals surface area contributed by atoms with E-state index in [4.69, 9.17) is 14.2 Å². The SMILES string of the molecule is CCC(C)(C)C(=O)O[C@H]1C[C@@H](C)C=C2C=C[C@H](C)[C@H](CC[C@@H]3C[C@@H](O)CC(=O)O3)[C@H]21.CC[C@H](C)C(=O)O[C@H]1C[C@H](O)C=C2C=C[C@H](C)[C@H](CC[C@@H](O)C[C@@H](O)CC(=O)[O-])[C@H]21.[Na+]. The zero-order chi connectivity index (χ0) is 44.5. The predicted molar refractivity (Wildman–Crippen MR) is 224 cm³/mol. The first kappa shape index (κ1) is 53.0. The standard InChI is InChI=1S/C25H38O5.C23H36O7.Na/c1-6-25(4,5)24(28)30-21-12-15(2)11-17-8-7-16(3)20(23(17)21)10-9-19-13-18(26)14-22(27)29-19;1-4-13(2)23(29)30-20-11-17(25)9-15-6-5-14(3)19(22(15)20)8-7-16(24)10-18(26)12-21(27)28;/h7-8,11,15-16,18-21,23,26H,6,9-10,12-14H2,1-5H3;5-6,9,13-14,16-20,22,24-26H,4,7-8,10-12H2,1-3H3,(H,27,28);/q;;+1/p-1/t15-,16-,18+,19+,20-,21-,23-;13-,14-,16+,17+,18+,19-,20-,22-;/m00./s1. The normalized spacial score (nSPS) is 33.3. The van der Waals surface area contributed by atoms with Gasteiger partial charge in [-0.05, 0) is 106 Å². The second-order valence-electron chi connectivity index (χ2n) is 19.1. The van der Waals surface area contributed by atoms with Crippen LogP contribution in [0.5, 0.6) is 0 Å². The average Bonchev–Trinajstić information content (AvgIpc) is 3.16. The van der Waals surface area contributed by atoms with E-state index >= 15 is 0 Å². The number of fused-ring (bicyclic) bond motifs is 2. The van der Waals surface area contributed by atoms with Crippen LogP contribution < -0.4 is 34.7 Å². The van der Waals surface area contributed by atoms with Gasteiger partial charge in [0.25, 0.3) is 0 Å². The van der Waals surface area contributed by atoms with E-state index in [-0.39, 0.29) is 102 Å². The number of allylic oxidation sites excluding steroid dienone is 5. The fraction of sp³-hybridized carbons (Fsp3) is 0.750. The number of carboxylic acid groups (broad SMARTS) is 1. The summed E-state index contributed by atoms with van der Waals surface area (Å²) in [6, 6.07) is 0. The first-order valence-electron chi connectivity index (χ1n) is 22.6. The zero-order valence-electron chi connectivity index (χ0n) is 38.2. The molecule has 0 bridgehead atoms. The van der Waals surface area contributed by atoms with Crippen LogP contribution in [-0.4, -0.2) is 87.0 Å². The molecule has 61 heavy (non-hydrogen) atoms. The van der Waals surface area contributed by atoms with Gasteiger partial charge in [0.15, 0.2) is 0 Å². The minimum absolute atomic E-state index is 0. The monoisotopic (exact) mass is 864 g/mol. The van der Waals surface area contributed by atoms with Crippen LogP contribution in [0.2, 0.25) is 0 Å². The molecular formula is C48H73NaO12. The van der Waals surface area contributed by atoms with Crippen LogP contribution >= 0.6 is 0 Å². The molecule has 4 N–H and O–H groups in total. The van der Waals surface area contributed by atoms with E-state index in [1.54, 1.807) is 0 Å². The Morgan fingerprint density at radius 3 is 2.03 bits per heavy atom. The van der Waals surface area contributed by atoms with Crippen LogP contribution in [0.25, 0.3) is 0 Å². The summed E-state index contributed by atoms with van der Waals surface area (Å²) in [5.74, 6) is -0.827. The number of aliphatic carboxylic acids is 1. The molecule has 13 heteroatoms. The van der Waals surface area contributed by atoms with Gasteiger partial charge in [0.2, 0.25) is 0 Å². The number of hydrogen-bond donors (Lipinski definition) is 4. The molecule has 0 radical (unpaired) electrons. The van der Waals surface area contributed by atoms with E-state index in [0.717, 1.165) is 31.3 Å². The number of aliphatic hydroxyl groups is 4. The number of cyclic esters (lactones) is 1. The maximum absolute atomic E-state index is 12.9. The Kier molecular flexibility index (Phi) is 21.0. The first-order chi connectivity index (χ1) is 28.2. The van der Waals surface area contributed by atoms with Gasteiger partial charge in [-0.25, -0.2) is 0 Å². The zero-order valence-corrected chi connectivity index (χ0v) is 40.2. The molecule has 1 aliphatic heterocycles. The van der Waals surface area contributed by atoms with E-state index in [1.165, 1.54) is 5.57 Å². The smallest absolute Gasteiger partial charge is 0.550 e. The van der Waals surface area contributed by atoms with Crippen LogP contribution in [0.3, 0.4) is 0 Å². The maximum atomic E-state index is 12.9. The van der Waals surface area contributed by atoms with Crippen molar-refractivity contribution >= 4 is 23.9 Å². The molecule has 338 valence electrons. The number of aliphatic hydroxyl groups excluding tert-OH is 4. The Bertz CT molecular complexity index is 1600. The van der Waals surface area contributed by atoms with Crippen LogP contribution in [-0.2, 0) is 33.4 Å². The predicted octanol–water partition coefficient (Wildman–Crippen LogP) is 2.70. The number of carboxylic acids is 1. The van der Waals surface area contributed by atoms with Gasteiger partial charge >= 0.3 is 47.5 Å². The third kappa shape index (κ3) is 15.1. The largest absolute Gasteiger partial charge is 1.00 e. The molecule has 5 aliphatic rings. The molecule has 0 unspecified atom stereocenters. The van der Waals surface area contributed by atoms with Crippen molar-refractivity contribution in [1.29, 1.82) is 0 Å². The van der Waals surface area contributed by atoms with Gasteiger partial charge in [-0.15, -0.1) is 0 Å². The van der Waals surface area contributed by atoms with E-state index in [9.17, 15) is 44.7 Å². The molecule has 1 heterocycles. The second-order valence-corrected chi connectivity index (χ2v) is 19.1. The Labute approximate surface area is 385 Å². The molecule has 5 rings (SSSR count). The first-order valence-corrected chi connectivity index (χ1v) is 22.6. The van der Waals surface area contributed by atoms with Crippen molar-refractivity contribution in [3.05, 3.63) is 47.6 Å². The van der Waals surface area contributed by atoms with Crippen LogP contribution in [0.4, 0.5) is 0 Å². The summed E-state index contributed by atoms with van der Waals surface area (Å²) in [5, 5.41) is 50.8. The van der Waals surface area contributed by atoms with Gasteiger partial charge in [-0.3, -0.25) is 14.4 Å². The van der Waals surface area contributed by atoms with Crippen molar-refractivity contribution < 1.29 is 88.5 Å². The van der Waals surface area contributed by atoms with E-state index in [1.807, 2.05) is 46.8 Å². The van der Waals surface area contributed by atoms with Crippen LogP contribution in [0.15, 0.2) is 47.6 Å². The van der Waals surface area contributed by atoms with E-state index in [0.29, 0.717) is 49.9 Å². The van der Waals surface area contributed by atoms with Crippen molar-refractivity contribution in [3.63, 3.8) is 0 Å². The van der Waals surface area contributed by atoms with Gasteiger partial charge < -0.3 is 44.5 Å². The summed E-state index contributed by atoms with van der Waals surface area (Å²) < 4.78 is 17.5. The van der Waals surface area contributed by atoms with E-state index in [2.05, 4.69) is 45.1 Å². The minimum Gasteiger partial charge on any atom is -0.550 e. The number of ether oxygens (including phenoxy) is 3. The molecule has 0 saturated carbocycles. The topological polar surface area (TPSA) is 200 Å². The number of hydrogen-bond acceptors (Lipinski definition) is 12. The Balaban J connectivity index is 0.000000320. The molecule has 0 spiro atoms. The van der Waals surface area contributed by atoms with Crippen molar-refractivity contribution in [3.8, 4) is 0 Å². The molecule has 1 fully saturated rings.